The van der Waals surface area contributed by atoms with Crippen LogP contribution in [0.1, 0.15) is 0 Å². The Morgan fingerprint density at radius 3 is 1.86 bits per heavy atom. The van der Waals surface area contributed by atoms with E-state index in [0.717, 1.165) is 7.11 Å². The highest BCUT2D eigenvalue weighted by Crippen LogP contribution is 2.27. The van der Waals surface area contributed by atoms with Crippen molar-refractivity contribution in [3.8, 4) is 0 Å². The number of rotatable bonds is 14. The van der Waals surface area contributed by atoms with Crippen LogP contribution in [0.5, 0.6) is 0 Å². The molecule has 17 heteroatoms. The number of carbonyl (C=O) groups excluding carboxylic acids is 1. The molecule has 2 rings (SSSR count). The smallest absolute Gasteiger partial charge is 0.361 e. The Kier molecular flexibility index (Phi) is 12.6. The first-order valence-corrected chi connectivity index (χ1v) is 11.1. The summed E-state index contributed by atoms with van der Waals surface area (Å²) in [5, 5.41) is 79.3. The van der Waals surface area contributed by atoms with Gasteiger partial charge >= 0.3 is 5.97 Å². The van der Waals surface area contributed by atoms with Crippen LogP contribution in [-0.4, -0.2) is 167 Å². The lowest BCUT2D eigenvalue weighted by molar-refractivity contribution is -0.334. The molecule has 0 aromatic heterocycles. The number of carbonyl (C=O) groups is 2. The number of aliphatic hydroxyl groups is 7. The molecule has 0 aromatic carbocycles. The number of carboxylic acid groups (broad SMARTS) is 1. The van der Waals surface area contributed by atoms with E-state index in [4.69, 9.17) is 33.2 Å². The topological polar surface area (TPSA) is 261 Å². The third kappa shape index (κ3) is 7.37. The van der Waals surface area contributed by atoms with Gasteiger partial charge in [0.15, 0.2) is 18.9 Å². The van der Waals surface area contributed by atoms with Gasteiger partial charge in [-0.1, -0.05) is 0 Å². The minimum absolute atomic E-state index is 0.0979. The average Bonchev–Trinajstić information content (AvgIpc) is 2.89. The zero-order valence-corrected chi connectivity index (χ0v) is 20.0. The summed E-state index contributed by atoms with van der Waals surface area (Å²) in [5.74, 6) is -1.79. The first-order chi connectivity index (χ1) is 17.6. The van der Waals surface area contributed by atoms with Gasteiger partial charge in [-0.25, -0.2) is 4.79 Å². The number of carboxylic acids is 1. The highest BCUT2D eigenvalue weighted by Gasteiger charge is 2.49. The van der Waals surface area contributed by atoms with E-state index in [-0.39, 0.29) is 6.29 Å². The molecule has 2 aliphatic rings. The summed E-state index contributed by atoms with van der Waals surface area (Å²) in [6.07, 6.45) is -21.1. The molecule has 2 saturated heterocycles. The van der Waals surface area contributed by atoms with Gasteiger partial charge in [0.05, 0.1) is 19.8 Å². The van der Waals surface area contributed by atoms with Gasteiger partial charge in [-0.3, -0.25) is 0 Å². The standard InChI is InChI=1S/C20H34O17/c1-31-15-9(5-23)36-19(14(28)11(15)25)33-7(3-21)8(4-22)34-20(17(29)30)37-16-10(6-24)35-18(32-2)13(27)12(16)26/h3,7-16,18-20,22-28H,4-6H2,1-2H3,(H,29,30)/t7?,8?,9?,10?,11?,12?,13?,14?,15-,16-,18-,19-,20?/m1/s1. The molecule has 0 aromatic rings. The third-order valence-corrected chi connectivity index (χ3v) is 5.90. The number of hydrogen-bond acceptors (Lipinski definition) is 16. The fraction of sp³-hybridized carbons (Fsp3) is 0.900. The summed E-state index contributed by atoms with van der Waals surface area (Å²) in [7, 11) is 2.36. The highest BCUT2D eigenvalue weighted by molar-refractivity contribution is 5.70. The second-order valence-electron chi connectivity index (χ2n) is 8.21. The number of aliphatic carboxylic acids is 1. The molecule has 2 fully saturated rings. The van der Waals surface area contributed by atoms with Crippen LogP contribution in [0.25, 0.3) is 0 Å². The van der Waals surface area contributed by atoms with Crippen LogP contribution >= 0.6 is 0 Å². The Morgan fingerprint density at radius 1 is 0.838 bits per heavy atom. The number of ether oxygens (including phenoxy) is 7. The molecule has 0 amide bonds. The van der Waals surface area contributed by atoms with Gasteiger partial charge in [0.25, 0.3) is 6.29 Å². The van der Waals surface area contributed by atoms with Gasteiger partial charge in [0.1, 0.15) is 61.0 Å². The van der Waals surface area contributed by atoms with E-state index in [2.05, 4.69) is 0 Å². The van der Waals surface area contributed by atoms with Crippen LogP contribution in [0, 0.1) is 0 Å². The van der Waals surface area contributed by atoms with E-state index < -0.39 is 106 Å². The molecule has 0 saturated carbocycles. The molecule has 8 N–H and O–H groups in total. The average molecular weight is 546 g/mol. The van der Waals surface area contributed by atoms with Gasteiger partial charge in [-0.2, -0.15) is 0 Å². The van der Waals surface area contributed by atoms with Crippen molar-refractivity contribution in [2.75, 3.05) is 34.0 Å². The summed E-state index contributed by atoms with van der Waals surface area (Å²) in [6, 6.07) is 0. The van der Waals surface area contributed by atoms with Crippen LogP contribution in [0.15, 0.2) is 0 Å². The monoisotopic (exact) mass is 546 g/mol. The van der Waals surface area contributed by atoms with Crippen molar-refractivity contribution >= 4 is 12.3 Å². The van der Waals surface area contributed by atoms with Gasteiger partial charge < -0.3 is 78.8 Å². The van der Waals surface area contributed by atoms with Crippen LogP contribution < -0.4 is 0 Å². The normalized spacial score (nSPS) is 39.1. The fourth-order valence-corrected chi connectivity index (χ4v) is 3.91. The maximum Gasteiger partial charge on any atom is 0.361 e. The number of aldehydes is 1. The molecular formula is C20H34O17. The highest BCUT2D eigenvalue weighted by atomic mass is 16.8. The fourth-order valence-electron chi connectivity index (χ4n) is 3.91. The summed E-state index contributed by atoms with van der Waals surface area (Å²) in [5.41, 5.74) is 0. The lowest BCUT2D eigenvalue weighted by Crippen LogP contribution is -2.62. The molecule has 0 spiro atoms. The Bertz CT molecular complexity index is 706. The molecule has 2 aliphatic heterocycles. The Morgan fingerprint density at radius 2 is 1.38 bits per heavy atom. The van der Waals surface area contributed by atoms with Crippen molar-refractivity contribution in [1.82, 2.24) is 0 Å². The first kappa shape index (κ1) is 31.8. The number of aliphatic hydroxyl groups excluding tert-OH is 7. The molecular weight excluding hydrogens is 512 g/mol. The van der Waals surface area contributed by atoms with E-state index in [9.17, 15) is 50.4 Å². The van der Waals surface area contributed by atoms with E-state index in [1.807, 2.05) is 0 Å². The second-order valence-corrected chi connectivity index (χ2v) is 8.21. The van der Waals surface area contributed by atoms with E-state index in [1.165, 1.54) is 7.11 Å². The quantitative estimate of drug-likeness (QED) is 0.0745. The number of methoxy groups -OCH3 is 2. The van der Waals surface area contributed by atoms with E-state index in [1.54, 1.807) is 0 Å². The zero-order valence-electron chi connectivity index (χ0n) is 20.0. The molecule has 0 radical (unpaired) electrons. The van der Waals surface area contributed by atoms with Crippen molar-refractivity contribution in [2.24, 2.45) is 0 Å². The lowest BCUT2D eigenvalue weighted by Gasteiger charge is -2.43. The van der Waals surface area contributed by atoms with Crippen molar-refractivity contribution in [2.45, 2.75) is 79.9 Å². The molecule has 216 valence electrons. The SMILES string of the molecule is CO[C@@H]1OC(CO)[C@@H](OC(OC(CO)C(C=O)O[C@@H]2OC(CO)[C@@H](OC)C(O)C2O)C(=O)O)C(O)C1O. The Labute approximate surface area is 210 Å². The third-order valence-electron chi connectivity index (χ3n) is 5.90. The Hall–Kier alpha value is -1.42. The molecule has 0 bridgehead atoms. The van der Waals surface area contributed by atoms with E-state index in [0.29, 0.717) is 0 Å². The van der Waals surface area contributed by atoms with Gasteiger partial charge in [-0.15, -0.1) is 0 Å². The van der Waals surface area contributed by atoms with Crippen molar-refractivity contribution in [3.63, 3.8) is 0 Å². The summed E-state index contributed by atoms with van der Waals surface area (Å²) < 4.78 is 36.1. The molecule has 2 heterocycles. The van der Waals surface area contributed by atoms with Gasteiger partial charge in [0.2, 0.25) is 0 Å². The Balaban J connectivity index is 2.16. The number of hydrogen-bond donors (Lipinski definition) is 8. The largest absolute Gasteiger partial charge is 0.477 e. The summed E-state index contributed by atoms with van der Waals surface area (Å²) in [6.45, 7) is -2.46. The molecule has 9 unspecified atom stereocenters. The van der Waals surface area contributed by atoms with E-state index >= 15 is 0 Å². The predicted octanol–water partition coefficient (Wildman–Crippen LogP) is -5.72. The van der Waals surface area contributed by atoms with Crippen LogP contribution in [0.3, 0.4) is 0 Å². The minimum atomic E-state index is -2.29. The minimum Gasteiger partial charge on any atom is -0.477 e. The molecule has 37 heavy (non-hydrogen) atoms. The van der Waals surface area contributed by atoms with Crippen LogP contribution in [-0.2, 0) is 42.7 Å². The summed E-state index contributed by atoms with van der Waals surface area (Å²) in [4.78, 5) is 23.5. The van der Waals surface area contributed by atoms with Crippen molar-refractivity contribution in [3.05, 3.63) is 0 Å². The molecule has 17 nitrogen and oxygen atoms in total. The zero-order chi connectivity index (χ0) is 27.9. The predicted molar refractivity (Wildman–Crippen MR) is 113 cm³/mol. The van der Waals surface area contributed by atoms with Gasteiger partial charge in [-0.05, 0) is 0 Å². The maximum absolute atomic E-state index is 11.8. The maximum atomic E-state index is 11.8. The van der Waals surface area contributed by atoms with Crippen molar-refractivity contribution < 1.29 is 83.6 Å². The molecule has 0 aliphatic carbocycles. The second kappa shape index (κ2) is 14.7. The lowest BCUT2D eigenvalue weighted by atomic mass is 9.99. The molecule has 13 atom stereocenters. The first-order valence-electron chi connectivity index (χ1n) is 11.1. The van der Waals surface area contributed by atoms with Gasteiger partial charge in [0, 0.05) is 14.2 Å². The van der Waals surface area contributed by atoms with Crippen LogP contribution in [0.4, 0.5) is 0 Å². The summed E-state index contributed by atoms with van der Waals surface area (Å²) >= 11 is 0. The van der Waals surface area contributed by atoms with Crippen LogP contribution in [0.2, 0.25) is 0 Å². The van der Waals surface area contributed by atoms with Crippen molar-refractivity contribution in [1.29, 1.82) is 0 Å².